The zero-order chi connectivity index (χ0) is 23.3. The van der Waals surface area contributed by atoms with Crippen molar-refractivity contribution in [2.45, 2.75) is 23.9 Å². The van der Waals surface area contributed by atoms with Crippen LogP contribution < -0.4 is 20.6 Å². The highest BCUT2D eigenvalue weighted by Gasteiger charge is 2.17. The minimum atomic E-state index is -3.63. The molecule has 2 aromatic carbocycles. The predicted octanol–water partition coefficient (Wildman–Crippen LogP) is 2.00. The third kappa shape index (κ3) is 5.39. The monoisotopic (exact) mass is 476 g/mol. The summed E-state index contributed by atoms with van der Waals surface area (Å²) in [5.74, 6) is 6.98. The van der Waals surface area contributed by atoms with Gasteiger partial charge in [-0.1, -0.05) is 17.8 Å². The van der Waals surface area contributed by atoms with Crippen LogP contribution in [0.1, 0.15) is 12.5 Å². The van der Waals surface area contributed by atoms with Crippen LogP contribution in [0.2, 0.25) is 0 Å². The van der Waals surface area contributed by atoms with Gasteiger partial charge < -0.3 is 15.9 Å². The summed E-state index contributed by atoms with van der Waals surface area (Å²) >= 11 is 1.12. The van der Waals surface area contributed by atoms with Crippen LogP contribution in [0.25, 0.3) is 11.4 Å². The number of thioether (sulfide) groups is 1. The number of benzene rings is 2. The molecule has 1 heterocycles. The van der Waals surface area contributed by atoms with E-state index in [0.29, 0.717) is 28.8 Å². The van der Waals surface area contributed by atoms with Gasteiger partial charge in [0.15, 0.2) is 5.82 Å². The maximum Gasteiger partial charge on any atom is 0.240 e. The molecule has 0 fully saturated rings. The molecule has 1 amide bonds. The highest BCUT2D eigenvalue weighted by atomic mass is 32.2. The van der Waals surface area contributed by atoms with Crippen molar-refractivity contribution in [3.05, 3.63) is 48.0 Å². The summed E-state index contributed by atoms with van der Waals surface area (Å²) in [6, 6.07) is 12.0. The van der Waals surface area contributed by atoms with Gasteiger partial charge in [-0.15, -0.1) is 10.2 Å². The minimum absolute atomic E-state index is 0.0145. The second-order valence-corrected chi connectivity index (χ2v) is 9.46. The van der Waals surface area contributed by atoms with Gasteiger partial charge in [0.05, 0.1) is 17.3 Å². The van der Waals surface area contributed by atoms with Crippen LogP contribution in [-0.2, 0) is 14.8 Å². The lowest BCUT2D eigenvalue weighted by Gasteiger charge is -2.10. The van der Waals surface area contributed by atoms with Crippen molar-refractivity contribution in [3.8, 4) is 17.1 Å². The van der Waals surface area contributed by atoms with Gasteiger partial charge >= 0.3 is 0 Å². The number of ether oxygens (including phenoxy) is 1. The van der Waals surface area contributed by atoms with E-state index >= 15 is 0 Å². The fourth-order valence-corrected chi connectivity index (χ4v) is 4.49. The summed E-state index contributed by atoms with van der Waals surface area (Å²) in [5.41, 5.74) is 1.71. The molecular formula is C20H24N6O4S2. The molecule has 0 bridgehead atoms. The predicted molar refractivity (Wildman–Crippen MR) is 124 cm³/mol. The lowest BCUT2D eigenvalue weighted by Crippen LogP contribution is -2.20. The van der Waals surface area contributed by atoms with Crippen molar-refractivity contribution < 1.29 is 17.9 Å². The van der Waals surface area contributed by atoms with Crippen LogP contribution in [-0.4, -0.2) is 48.6 Å². The Morgan fingerprint density at radius 2 is 1.91 bits per heavy atom. The van der Waals surface area contributed by atoms with Crippen molar-refractivity contribution in [3.63, 3.8) is 0 Å². The number of carbonyl (C=O) groups excluding carboxylic acids is 1. The van der Waals surface area contributed by atoms with Crippen LogP contribution in [0.15, 0.2) is 52.5 Å². The SMILES string of the molecule is CCOc1ccc(-c2nnc(SCC(=O)Nc3ccc(C)c(S(=O)(=O)NC)c3)n2N)cc1. The molecule has 1 aromatic heterocycles. The Hall–Kier alpha value is -3.09. The van der Waals surface area contributed by atoms with E-state index in [4.69, 9.17) is 10.6 Å². The number of carbonyl (C=O) groups is 1. The summed E-state index contributed by atoms with van der Waals surface area (Å²) in [5, 5.41) is 11.2. The van der Waals surface area contributed by atoms with E-state index < -0.39 is 10.0 Å². The second kappa shape index (κ2) is 10.0. The highest BCUT2D eigenvalue weighted by Crippen LogP contribution is 2.24. The molecular weight excluding hydrogens is 452 g/mol. The van der Waals surface area contributed by atoms with E-state index in [1.54, 1.807) is 19.1 Å². The number of nitrogens with two attached hydrogens (primary N) is 1. The summed E-state index contributed by atoms with van der Waals surface area (Å²) in [7, 11) is -2.30. The molecule has 0 spiro atoms. The van der Waals surface area contributed by atoms with Gasteiger partial charge in [-0.3, -0.25) is 4.79 Å². The van der Waals surface area contributed by atoms with E-state index in [1.165, 1.54) is 17.8 Å². The number of nitrogens with zero attached hydrogens (tertiary/aromatic N) is 3. The molecule has 0 aliphatic rings. The molecule has 3 rings (SSSR count). The topological polar surface area (TPSA) is 141 Å². The van der Waals surface area contributed by atoms with Crippen LogP contribution in [0.5, 0.6) is 5.75 Å². The zero-order valence-electron chi connectivity index (χ0n) is 17.8. The van der Waals surface area contributed by atoms with E-state index in [0.717, 1.165) is 23.1 Å². The molecule has 32 heavy (non-hydrogen) atoms. The lowest BCUT2D eigenvalue weighted by molar-refractivity contribution is -0.113. The molecule has 4 N–H and O–H groups in total. The van der Waals surface area contributed by atoms with Crippen molar-refractivity contribution in [2.24, 2.45) is 0 Å². The van der Waals surface area contributed by atoms with Gasteiger partial charge in [0.2, 0.25) is 21.1 Å². The van der Waals surface area contributed by atoms with Crippen LogP contribution >= 0.6 is 11.8 Å². The summed E-state index contributed by atoms with van der Waals surface area (Å²) in [6.45, 7) is 4.16. The fourth-order valence-electron chi connectivity index (χ4n) is 2.84. The fraction of sp³-hybridized carbons (Fsp3) is 0.250. The first-order valence-electron chi connectivity index (χ1n) is 9.65. The smallest absolute Gasteiger partial charge is 0.240 e. The third-order valence-electron chi connectivity index (χ3n) is 4.45. The third-order valence-corrected chi connectivity index (χ3v) is 6.95. The van der Waals surface area contributed by atoms with Gasteiger partial charge in [-0.2, -0.15) is 0 Å². The Balaban J connectivity index is 1.65. The Bertz CT molecular complexity index is 1210. The Kier molecular flexibility index (Phi) is 7.38. The number of rotatable bonds is 9. The normalized spacial score (nSPS) is 11.3. The lowest BCUT2D eigenvalue weighted by atomic mass is 10.2. The van der Waals surface area contributed by atoms with Crippen molar-refractivity contribution >= 4 is 33.4 Å². The van der Waals surface area contributed by atoms with Crippen LogP contribution in [0, 0.1) is 6.92 Å². The molecule has 0 saturated carbocycles. The van der Waals surface area contributed by atoms with Gasteiger partial charge in [0.25, 0.3) is 0 Å². The van der Waals surface area contributed by atoms with Crippen LogP contribution in [0.3, 0.4) is 0 Å². The van der Waals surface area contributed by atoms with Gasteiger partial charge in [-0.25, -0.2) is 17.8 Å². The molecule has 0 aliphatic carbocycles. The molecule has 170 valence electrons. The molecule has 0 radical (unpaired) electrons. The molecule has 12 heteroatoms. The van der Waals surface area contributed by atoms with Crippen LogP contribution in [0.4, 0.5) is 5.69 Å². The largest absolute Gasteiger partial charge is 0.494 e. The average molecular weight is 477 g/mol. The number of nitrogens with one attached hydrogen (secondary N) is 2. The Morgan fingerprint density at radius 1 is 1.19 bits per heavy atom. The second-order valence-electron chi connectivity index (χ2n) is 6.66. The van der Waals surface area contributed by atoms with E-state index in [9.17, 15) is 13.2 Å². The summed E-state index contributed by atoms with van der Waals surface area (Å²) in [4.78, 5) is 12.5. The molecule has 3 aromatic rings. The van der Waals surface area contributed by atoms with Gasteiger partial charge in [-0.05, 0) is 62.9 Å². The number of hydrogen-bond donors (Lipinski definition) is 3. The maximum atomic E-state index is 12.4. The highest BCUT2D eigenvalue weighted by molar-refractivity contribution is 7.99. The quantitative estimate of drug-likeness (QED) is 0.315. The summed E-state index contributed by atoms with van der Waals surface area (Å²) < 4.78 is 33.2. The number of aryl methyl sites for hydroxylation is 1. The molecule has 0 unspecified atom stereocenters. The standard InChI is InChI=1S/C20H24N6O4S2/c1-4-30-16-9-6-14(7-10-16)19-24-25-20(26(19)21)31-12-18(27)23-15-8-5-13(2)17(11-15)32(28,29)22-3/h5-11,22H,4,12,21H2,1-3H3,(H,23,27). The van der Waals surface area contributed by atoms with Crippen molar-refractivity contribution in [1.82, 2.24) is 19.6 Å². The number of nitrogen functional groups attached to an aromatic ring is 1. The van der Waals surface area contributed by atoms with E-state index in [1.807, 2.05) is 31.2 Å². The molecule has 0 aliphatic heterocycles. The zero-order valence-corrected chi connectivity index (χ0v) is 19.5. The van der Waals surface area contributed by atoms with Crippen molar-refractivity contribution in [1.29, 1.82) is 0 Å². The number of hydrogen-bond acceptors (Lipinski definition) is 8. The number of amides is 1. The first-order chi connectivity index (χ1) is 15.2. The molecule has 0 atom stereocenters. The van der Waals surface area contributed by atoms with Gasteiger partial charge in [0, 0.05) is 11.3 Å². The number of anilines is 1. The first-order valence-corrected chi connectivity index (χ1v) is 12.1. The number of sulfonamides is 1. The minimum Gasteiger partial charge on any atom is -0.494 e. The Labute approximate surface area is 190 Å². The molecule has 10 nitrogen and oxygen atoms in total. The average Bonchev–Trinajstić information content (AvgIpc) is 3.14. The molecule has 0 saturated heterocycles. The van der Waals surface area contributed by atoms with E-state index in [-0.39, 0.29) is 16.6 Å². The van der Waals surface area contributed by atoms with E-state index in [2.05, 4.69) is 20.2 Å². The Morgan fingerprint density at radius 3 is 2.56 bits per heavy atom. The van der Waals surface area contributed by atoms with Crippen molar-refractivity contribution in [2.75, 3.05) is 30.6 Å². The maximum absolute atomic E-state index is 12.4. The number of aromatic nitrogens is 3. The van der Waals surface area contributed by atoms with Gasteiger partial charge in [0.1, 0.15) is 5.75 Å². The summed E-state index contributed by atoms with van der Waals surface area (Å²) in [6.07, 6.45) is 0. The first kappa shape index (κ1) is 23.6.